The summed E-state index contributed by atoms with van der Waals surface area (Å²) < 4.78 is 6.47. The van der Waals surface area contributed by atoms with E-state index in [1.54, 1.807) is 6.08 Å². The molecule has 140 valence electrons. The van der Waals surface area contributed by atoms with Gasteiger partial charge in [-0.25, -0.2) is 4.79 Å². The normalized spacial score (nSPS) is 26.6. The van der Waals surface area contributed by atoms with Crippen LogP contribution in [-0.4, -0.2) is 49.8 Å². The Kier molecular flexibility index (Phi) is 7.12. The first-order chi connectivity index (χ1) is 12.0. The zero-order valence-electron chi connectivity index (χ0n) is 14.4. The number of allylic oxidation sites excluding steroid dienone is 1. The number of aromatic nitrogens is 2. The molecule has 1 fully saturated rings. The number of hydrogen-bond acceptors (Lipinski definition) is 7. The smallest absolute Gasteiger partial charge is 0.351 e. The summed E-state index contributed by atoms with van der Waals surface area (Å²) in [7, 11) is 0. The van der Waals surface area contributed by atoms with Gasteiger partial charge in [0, 0.05) is 11.8 Å². The summed E-state index contributed by atoms with van der Waals surface area (Å²) in [5.41, 5.74) is 5.65. The van der Waals surface area contributed by atoms with E-state index in [1.165, 1.54) is 19.0 Å². The van der Waals surface area contributed by atoms with Gasteiger partial charge in [-0.1, -0.05) is 38.3 Å². The van der Waals surface area contributed by atoms with Gasteiger partial charge in [-0.2, -0.15) is 4.98 Å². The molecule has 0 unspecified atom stereocenters. The lowest BCUT2D eigenvalue weighted by Crippen LogP contribution is -2.36. The lowest BCUT2D eigenvalue weighted by molar-refractivity contribution is -0.0549. The van der Waals surface area contributed by atoms with E-state index < -0.39 is 36.8 Å². The van der Waals surface area contributed by atoms with Crippen molar-refractivity contribution in [2.24, 2.45) is 0 Å². The van der Waals surface area contributed by atoms with Crippen LogP contribution in [0, 0.1) is 0 Å². The maximum Gasteiger partial charge on any atom is 0.351 e. The van der Waals surface area contributed by atoms with E-state index in [2.05, 4.69) is 11.9 Å². The van der Waals surface area contributed by atoms with Crippen molar-refractivity contribution in [2.45, 2.75) is 63.6 Å². The van der Waals surface area contributed by atoms with Gasteiger partial charge in [-0.05, 0) is 12.8 Å². The average molecular weight is 353 g/mol. The predicted molar refractivity (Wildman–Crippen MR) is 93.7 cm³/mol. The molecule has 2 heterocycles. The molecule has 0 radical (unpaired) electrons. The summed E-state index contributed by atoms with van der Waals surface area (Å²) >= 11 is 0. The molecule has 0 bridgehead atoms. The summed E-state index contributed by atoms with van der Waals surface area (Å²) in [6.07, 6.45) is 6.02. The van der Waals surface area contributed by atoms with Crippen LogP contribution in [0.2, 0.25) is 0 Å². The zero-order valence-corrected chi connectivity index (χ0v) is 14.4. The molecule has 0 amide bonds. The zero-order chi connectivity index (χ0) is 18.4. The Bertz CT molecular complexity index is 646. The van der Waals surface area contributed by atoms with E-state index in [0.717, 1.165) is 23.8 Å². The van der Waals surface area contributed by atoms with Gasteiger partial charge in [0.05, 0.1) is 6.61 Å². The Morgan fingerprint density at radius 3 is 2.72 bits per heavy atom. The van der Waals surface area contributed by atoms with Crippen molar-refractivity contribution in [3.8, 4) is 0 Å². The number of aliphatic hydroxyl groups excluding tert-OH is 3. The highest BCUT2D eigenvalue weighted by Crippen LogP contribution is 2.28. The van der Waals surface area contributed by atoms with Crippen LogP contribution < -0.4 is 11.4 Å². The van der Waals surface area contributed by atoms with Crippen molar-refractivity contribution in [1.29, 1.82) is 0 Å². The van der Waals surface area contributed by atoms with Crippen molar-refractivity contribution in [3.63, 3.8) is 0 Å². The van der Waals surface area contributed by atoms with Crippen LogP contribution in [-0.2, 0) is 4.74 Å². The Morgan fingerprint density at radius 1 is 1.32 bits per heavy atom. The summed E-state index contributed by atoms with van der Waals surface area (Å²) in [5, 5.41) is 29.1. The van der Waals surface area contributed by atoms with E-state index in [1.807, 2.05) is 6.08 Å². The van der Waals surface area contributed by atoms with Gasteiger partial charge >= 0.3 is 5.69 Å². The molecule has 8 nitrogen and oxygen atoms in total. The number of nitrogens with two attached hydrogens (primary N) is 1. The average Bonchev–Trinajstić information content (AvgIpc) is 2.87. The molecular formula is C17H27N3O5. The number of ether oxygens (including phenoxy) is 1. The molecule has 0 aliphatic carbocycles. The van der Waals surface area contributed by atoms with E-state index >= 15 is 0 Å². The first-order valence-corrected chi connectivity index (χ1v) is 8.67. The third-order valence-corrected chi connectivity index (χ3v) is 4.32. The molecule has 2 rings (SSSR count). The summed E-state index contributed by atoms with van der Waals surface area (Å²) in [6.45, 7) is 1.69. The van der Waals surface area contributed by atoms with Crippen LogP contribution >= 0.6 is 0 Å². The predicted octanol–water partition coefficient (Wildman–Crippen LogP) is 0.421. The lowest BCUT2D eigenvalue weighted by Gasteiger charge is -2.18. The maximum atomic E-state index is 12.1. The number of unbranched alkanes of at least 4 members (excludes halogenated alkanes) is 4. The third kappa shape index (κ3) is 4.66. The fourth-order valence-corrected chi connectivity index (χ4v) is 2.82. The van der Waals surface area contributed by atoms with E-state index in [-0.39, 0.29) is 5.82 Å². The Balaban J connectivity index is 2.15. The molecule has 1 aliphatic rings. The molecule has 4 atom stereocenters. The number of nitrogen functional groups attached to an aromatic ring is 1. The molecule has 8 heteroatoms. The second-order valence-electron chi connectivity index (χ2n) is 6.25. The highest BCUT2D eigenvalue weighted by Gasteiger charge is 2.43. The van der Waals surface area contributed by atoms with Gasteiger partial charge in [0.1, 0.15) is 24.1 Å². The second-order valence-corrected chi connectivity index (χ2v) is 6.25. The molecular weight excluding hydrogens is 326 g/mol. The highest BCUT2D eigenvalue weighted by atomic mass is 16.6. The summed E-state index contributed by atoms with van der Waals surface area (Å²) in [6, 6.07) is 0. The number of nitrogens with zero attached hydrogens (tertiary/aromatic N) is 2. The molecule has 1 aromatic heterocycles. The van der Waals surface area contributed by atoms with Gasteiger partial charge in [-0.15, -0.1) is 0 Å². The second kappa shape index (κ2) is 9.10. The maximum absolute atomic E-state index is 12.1. The minimum Gasteiger partial charge on any atom is -0.394 e. The lowest BCUT2D eigenvalue weighted by atomic mass is 10.1. The molecule has 1 aliphatic heterocycles. The fraction of sp³-hybridized carbons (Fsp3) is 0.647. The molecule has 0 spiro atoms. The van der Waals surface area contributed by atoms with Gasteiger partial charge in [0.2, 0.25) is 0 Å². The fourth-order valence-electron chi connectivity index (χ4n) is 2.82. The third-order valence-electron chi connectivity index (χ3n) is 4.32. The van der Waals surface area contributed by atoms with Crippen LogP contribution in [0.25, 0.3) is 6.08 Å². The van der Waals surface area contributed by atoms with Crippen LogP contribution in [0.4, 0.5) is 5.82 Å². The standard InChI is InChI=1S/C17H27N3O5/c1-2-3-4-5-6-7-8-11-9-20(17(24)19-15(11)18)16-14(23)13(22)12(10-21)25-16/h7-9,12-14,16,21-23H,2-6,10H2,1H3,(H2,18,19,24)/t12-,13-,14+,16-/m1/s1. The minimum absolute atomic E-state index is 0.0952. The topological polar surface area (TPSA) is 131 Å². The first-order valence-electron chi connectivity index (χ1n) is 8.67. The number of anilines is 1. The van der Waals surface area contributed by atoms with Gasteiger partial charge in [0.15, 0.2) is 6.23 Å². The summed E-state index contributed by atoms with van der Waals surface area (Å²) in [5.74, 6) is 0.0952. The summed E-state index contributed by atoms with van der Waals surface area (Å²) in [4.78, 5) is 15.8. The first kappa shape index (κ1) is 19.6. The molecule has 0 aromatic carbocycles. The van der Waals surface area contributed by atoms with E-state index in [0.29, 0.717) is 5.56 Å². The van der Waals surface area contributed by atoms with Crippen molar-refractivity contribution in [3.05, 3.63) is 28.3 Å². The van der Waals surface area contributed by atoms with Crippen LogP contribution in [0.15, 0.2) is 17.1 Å². The Labute approximate surface area is 146 Å². The van der Waals surface area contributed by atoms with Crippen LogP contribution in [0.3, 0.4) is 0 Å². The largest absolute Gasteiger partial charge is 0.394 e. The number of aliphatic hydroxyl groups is 3. The van der Waals surface area contributed by atoms with Crippen molar-refractivity contribution < 1.29 is 20.1 Å². The van der Waals surface area contributed by atoms with Gasteiger partial charge in [0.25, 0.3) is 0 Å². The Morgan fingerprint density at radius 2 is 2.08 bits per heavy atom. The molecule has 1 saturated heterocycles. The SMILES string of the molecule is CCCCCCC=Cc1cn([C@@H]2O[C@H](CO)[C@@H](O)[C@@H]2O)c(=O)nc1N. The monoisotopic (exact) mass is 353 g/mol. The quantitative estimate of drug-likeness (QED) is 0.498. The number of rotatable bonds is 8. The molecule has 25 heavy (non-hydrogen) atoms. The number of hydrogen-bond donors (Lipinski definition) is 4. The van der Waals surface area contributed by atoms with E-state index in [9.17, 15) is 15.0 Å². The van der Waals surface area contributed by atoms with Crippen LogP contribution in [0.5, 0.6) is 0 Å². The molecule has 5 N–H and O–H groups in total. The van der Waals surface area contributed by atoms with Gasteiger partial charge in [-0.3, -0.25) is 4.57 Å². The van der Waals surface area contributed by atoms with Crippen LogP contribution in [0.1, 0.15) is 50.8 Å². The van der Waals surface area contributed by atoms with Gasteiger partial charge < -0.3 is 25.8 Å². The Hall–Kier alpha value is -1.74. The minimum atomic E-state index is -1.34. The molecule has 1 aromatic rings. The van der Waals surface area contributed by atoms with Crippen molar-refractivity contribution in [2.75, 3.05) is 12.3 Å². The highest BCUT2D eigenvalue weighted by molar-refractivity contribution is 5.59. The van der Waals surface area contributed by atoms with Crippen molar-refractivity contribution in [1.82, 2.24) is 9.55 Å². The molecule has 0 saturated carbocycles. The van der Waals surface area contributed by atoms with Crippen molar-refractivity contribution >= 4 is 11.9 Å². The van der Waals surface area contributed by atoms with E-state index in [4.69, 9.17) is 15.6 Å².